The minimum atomic E-state index is -4.85. The second-order valence-electron chi connectivity index (χ2n) is 11.4. The van der Waals surface area contributed by atoms with Gasteiger partial charge in [-0.15, -0.1) is 0 Å². The molecule has 3 aliphatic rings. The summed E-state index contributed by atoms with van der Waals surface area (Å²) in [6.45, 7) is 5.55. The van der Waals surface area contributed by atoms with Crippen molar-refractivity contribution in [2.75, 3.05) is 51.6 Å². The van der Waals surface area contributed by atoms with E-state index in [-0.39, 0.29) is 23.1 Å². The highest BCUT2D eigenvalue weighted by atomic mass is 19.4. The molecule has 0 aromatic heterocycles. The van der Waals surface area contributed by atoms with Gasteiger partial charge in [-0.2, -0.15) is 18.4 Å². The number of likely N-dealkylation sites (N-methyl/N-ethyl adjacent to an activating group) is 1. The van der Waals surface area contributed by atoms with Crippen LogP contribution in [0.3, 0.4) is 0 Å². The van der Waals surface area contributed by atoms with Gasteiger partial charge in [-0.1, -0.05) is 12.1 Å². The van der Waals surface area contributed by atoms with E-state index in [0.29, 0.717) is 18.2 Å². The van der Waals surface area contributed by atoms with E-state index in [1.807, 2.05) is 24.3 Å². The number of urea groups is 1. The number of piperazine rings is 1. The zero-order valence-corrected chi connectivity index (χ0v) is 22.7. The first-order chi connectivity index (χ1) is 19.1. The normalized spacial score (nSPS) is 24.8. The molecule has 1 heterocycles. The molecule has 2 saturated carbocycles. The number of hydrogen-bond acceptors (Lipinski definition) is 4. The lowest BCUT2D eigenvalue weighted by Crippen LogP contribution is -2.45. The number of carbonyl (C=O) groups excluding carboxylic acids is 1. The van der Waals surface area contributed by atoms with Crippen molar-refractivity contribution < 1.29 is 22.4 Å². The maximum absolute atomic E-state index is 13.8. The molecule has 3 atom stereocenters. The van der Waals surface area contributed by atoms with Gasteiger partial charge in [0, 0.05) is 49.9 Å². The Kier molecular flexibility index (Phi) is 8.07. The zero-order chi connectivity index (χ0) is 28.5. The van der Waals surface area contributed by atoms with Crippen LogP contribution in [0.15, 0.2) is 42.5 Å². The standard InChI is InChI=1S/C30H35F4N5O/c1-37-14-16-38(17-15-37)12-2-3-13-39(28(40)36-23-8-9-26(31)24(18-23)30(32,33)34)27-10-11-29(19-25(27)29)22-6-4-21(20-35)5-7-22/h4-9,18,25,27H,2-3,10-17,19H2,1H3,(H,36,40)/t25-,27-,29-/m1/s1. The molecule has 0 unspecified atom stereocenters. The summed E-state index contributed by atoms with van der Waals surface area (Å²) in [5.41, 5.74) is 0.268. The third-order valence-corrected chi connectivity index (χ3v) is 8.98. The lowest BCUT2D eigenvalue weighted by molar-refractivity contribution is -0.139. The van der Waals surface area contributed by atoms with E-state index < -0.39 is 23.6 Å². The molecule has 0 bridgehead atoms. The molecular formula is C30H35F4N5O. The number of rotatable bonds is 8. The summed E-state index contributed by atoms with van der Waals surface area (Å²) in [7, 11) is 2.12. The van der Waals surface area contributed by atoms with Gasteiger partial charge in [0.15, 0.2) is 0 Å². The summed E-state index contributed by atoms with van der Waals surface area (Å²) in [5, 5.41) is 11.8. The fourth-order valence-electron chi connectivity index (χ4n) is 6.58. The second kappa shape index (κ2) is 11.4. The number of benzene rings is 2. The van der Waals surface area contributed by atoms with Crippen molar-refractivity contribution in [2.45, 2.75) is 49.7 Å². The molecule has 5 rings (SSSR count). The average molecular weight is 558 g/mol. The molecule has 2 amide bonds. The van der Waals surface area contributed by atoms with Crippen LogP contribution in [0.4, 0.5) is 28.0 Å². The van der Waals surface area contributed by atoms with E-state index >= 15 is 0 Å². The van der Waals surface area contributed by atoms with Crippen LogP contribution in [0, 0.1) is 23.1 Å². The molecule has 6 nitrogen and oxygen atoms in total. The smallest absolute Gasteiger partial charge is 0.321 e. The molecule has 40 heavy (non-hydrogen) atoms. The van der Waals surface area contributed by atoms with E-state index in [2.05, 4.69) is 28.2 Å². The Hall–Kier alpha value is -3.16. The molecule has 1 saturated heterocycles. The maximum Gasteiger partial charge on any atom is 0.419 e. The van der Waals surface area contributed by atoms with Crippen LogP contribution < -0.4 is 5.32 Å². The van der Waals surface area contributed by atoms with E-state index in [4.69, 9.17) is 5.26 Å². The number of nitrogens with one attached hydrogen (secondary N) is 1. The molecule has 10 heteroatoms. The highest BCUT2D eigenvalue weighted by molar-refractivity contribution is 5.89. The predicted octanol–water partition coefficient (Wildman–Crippen LogP) is 5.70. The van der Waals surface area contributed by atoms with Gasteiger partial charge in [-0.05, 0) is 87.5 Å². The summed E-state index contributed by atoms with van der Waals surface area (Å²) in [4.78, 5) is 20.1. The molecule has 3 fully saturated rings. The van der Waals surface area contributed by atoms with Crippen LogP contribution in [0.1, 0.15) is 48.8 Å². The molecule has 1 aliphatic heterocycles. The van der Waals surface area contributed by atoms with Gasteiger partial charge in [-0.3, -0.25) is 0 Å². The van der Waals surface area contributed by atoms with E-state index in [9.17, 15) is 22.4 Å². The van der Waals surface area contributed by atoms with Crippen molar-refractivity contribution in [1.29, 1.82) is 5.26 Å². The Morgan fingerprint density at radius 2 is 1.85 bits per heavy atom. The monoisotopic (exact) mass is 557 g/mol. The SMILES string of the molecule is CN1CCN(CCCCN(C(=O)Nc2ccc(F)c(C(F)(F)F)c2)[C@@H]2CC[C@]3(c4ccc(C#N)cc4)C[C@H]23)CC1. The number of nitrogens with zero attached hydrogens (tertiary/aromatic N) is 4. The van der Waals surface area contributed by atoms with Gasteiger partial charge in [0.25, 0.3) is 0 Å². The number of hydrogen-bond donors (Lipinski definition) is 1. The van der Waals surface area contributed by atoms with Crippen molar-refractivity contribution in [1.82, 2.24) is 14.7 Å². The number of halogens is 4. The molecule has 0 spiro atoms. The first-order valence-electron chi connectivity index (χ1n) is 14.0. The number of amides is 2. The van der Waals surface area contributed by atoms with Gasteiger partial charge in [0.2, 0.25) is 0 Å². The largest absolute Gasteiger partial charge is 0.419 e. The minimum Gasteiger partial charge on any atom is -0.321 e. The van der Waals surface area contributed by atoms with Crippen LogP contribution in [0.2, 0.25) is 0 Å². The molecule has 0 radical (unpaired) electrons. The van der Waals surface area contributed by atoms with Gasteiger partial charge in [0.05, 0.1) is 17.2 Å². The van der Waals surface area contributed by atoms with Gasteiger partial charge in [0.1, 0.15) is 5.82 Å². The summed E-state index contributed by atoms with van der Waals surface area (Å²) in [6, 6.07) is 11.9. The third-order valence-electron chi connectivity index (χ3n) is 8.98. The molecule has 214 valence electrons. The molecule has 1 N–H and O–H groups in total. The number of carbonyl (C=O) groups is 1. The van der Waals surface area contributed by atoms with Crippen molar-refractivity contribution in [3.8, 4) is 6.07 Å². The highest BCUT2D eigenvalue weighted by Crippen LogP contribution is 2.65. The molecule has 2 aromatic carbocycles. The molecular weight excluding hydrogens is 522 g/mol. The number of unbranched alkanes of at least 4 members (excludes halogenated alkanes) is 1. The van der Waals surface area contributed by atoms with Crippen LogP contribution >= 0.6 is 0 Å². The third kappa shape index (κ3) is 5.96. The fourth-order valence-corrected chi connectivity index (χ4v) is 6.58. The van der Waals surface area contributed by atoms with Crippen LogP contribution in [-0.4, -0.2) is 73.1 Å². The molecule has 2 aromatic rings. The lowest BCUT2D eigenvalue weighted by atomic mass is 9.93. The van der Waals surface area contributed by atoms with Crippen molar-refractivity contribution >= 4 is 11.7 Å². The van der Waals surface area contributed by atoms with Gasteiger partial charge >= 0.3 is 12.2 Å². The van der Waals surface area contributed by atoms with Crippen molar-refractivity contribution in [3.05, 3.63) is 65.0 Å². The average Bonchev–Trinajstić information content (AvgIpc) is 3.56. The second-order valence-corrected chi connectivity index (χ2v) is 11.4. The topological polar surface area (TPSA) is 62.6 Å². The van der Waals surface area contributed by atoms with Gasteiger partial charge in [-0.25, -0.2) is 9.18 Å². The van der Waals surface area contributed by atoms with E-state index in [1.54, 1.807) is 4.90 Å². The minimum absolute atomic E-state index is 0.0314. The number of alkyl halides is 3. The Bertz CT molecular complexity index is 1250. The number of anilines is 1. The summed E-state index contributed by atoms with van der Waals surface area (Å²) >= 11 is 0. The Morgan fingerprint density at radius 1 is 1.12 bits per heavy atom. The quantitative estimate of drug-likeness (QED) is 0.334. The summed E-state index contributed by atoms with van der Waals surface area (Å²) in [5.74, 6) is -1.12. The molecule has 2 aliphatic carbocycles. The Labute approximate surface area is 232 Å². The number of fused-ring (bicyclic) bond motifs is 1. The van der Waals surface area contributed by atoms with Crippen LogP contribution in [0.25, 0.3) is 0 Å². The maximum atomic E-state index is 13.8. The first kappa shape index (κ1) is 28.4. The summed E-state index contributed by atoms with van der Waals surface area (Å²) in [6.07, 6.45) is -0.510. The van der Waals surface area contributed by atoms with E-state index in [0.717, 1.165) is 70.9 Å². The first-order valence-corrected chi connectivity index (χ1v) is 14.0. The highest BCUT2D eigenvalue weighted by Gasteiger charge is 2.63. The fraction of sp³-hybridized carbons (Fsp3) is 0.533. The zero-order valence-electron chi connectivity index (χ0n) is 22.7. The Balaban J connectivity index is 1.29. The lowest BCUT2D eigenvalue weighted by Gasteiger charge is -2.33. The number of nitriles is 1. The van der Waals surface area contributed by atoms with Crippen molar-refractivity contribution in [3.63, 3.8) is 0 Å². The van der Waals surface area contributed by atoms with Gasteiger partial charge < -0.3 is 20.0 Å². The van der Waals surface area contributed by atoms with E-state index in [1.165, 1.54) is 11.6 Å². The van der Waals surface area contributed by atoms with Crippen LogP contribution in [-0.2, 0) is 11.6 Å². The van der Waals surface area contributed by atoms with Crippen molar-refractivity contribution in [2.24, 2.45) is 5.92 Å². The Morgan fingerprint density at radius 3 is 2.50 bits per heavy atom. The summed E-state index contributed by atoms with van der Waals surface area (Å²) < 4.78 is 53.6. The van der Waals surface area contributed by atoms with Crippen LogP contribution in [0.5, 0.6) is 0 Å². The predicted molar refractivity (Wildman–Crippen MR) is 144 cm³/mol.